The first-order valence-electron chi connectivity index (χ1n) is 9.72. The van der Waals surface area contributed by atoms with Gasteiger partial charge in [0.1, 0.15) is 11.6 Å². The number of aliphatic imine (C=N–C) groups is 1. The third-order valence-electron chi connectivity index (χ3n) is 5.13. The van der Waals surface area contributed by atoms with Crippen LogP contribution in [0.3, 0.4) is 0 Å². The van der Waals surface area contributed by atoms with Gasteiger partial charge in [0.25, 0.3) is 0 Å². The van der Waals surface area contributed by atoms with E-state index in [9.17, 15) is 4.39 Å². The Kier molecular flexibility index (Phi) is 6.49. The van der Waals surface area contributed by atoms with Crippen molar-refractivity contribution in [2.75, 3.05) is 44.7 Å². The number of anilines is 1. The van der Waals surface area contributed by atoms with Crippen LogP contribution in [0.4, 0.5) is 9.52 Å². The molecular weight excluding hydrogens is 375 g/mol. The van der Waals surface area contributed by atoms with E-state index >= 15 is 0 Å². The van der Waals surface area contributed by atoms with Gasteiger partial charge in [-0.25, -0.2) is 9.37 Å². The van der Waals surface area contributed by atoms with E-state index in [1.54, 1.807) is 12.1 Å². The van der Waals surface area contributed by atoms with E-state index < -0.39 is 0 Å². The summed E-state index contributed by atoms with van der Waals surface area (Å²) in [6.07, 6.45) is 0.869. The summed E-state index contributed by atoms with van der Waals surface area (Å²) in [5.74, 6) is 1.60. The molecule has 8 heteroatoms. The van der Waals surface area contributed by atoms with Gasteiger partial charge < -0.3 is 15.1 Å². The topological polar surface area (TPSA) is 56.7 Å². The predicted octanol–water partition coefficient (Wildman–Crippen LogP) is 2.91. The van der Waals surface area contributed by atoms with Gasteiger partial charge >= 0.3 is 0 Å². The smallest absolute Gasteiger partial charge is 0.205 e. The van der Waals surface area contributed by atoms with Crippen LogP contribution in [0.15, 0.2) is 29.3 Å². The summed E-state index contributed by atoms with van der Waals surface area (Å²) < 4.78 is 18.0. The minimum atomic E-state index is -0.205. The van der Waals surface area contributed by atoms with Crippen LogP contribution >= 0.6 is 11.5 Å². The highest BCUT2D eigenvalue weighted by atomic mass is 32.1. The summed E-state index contributed by atoms with van der Waals surface area (Å²) in [6.45, 7) is 10.5. The Morgan fingerprint density at radius 3 is 2.64 bits per heavy atom. The molecule has 1 aromatic heterocycles. The summed E-state index contributed by atoms with van der Waals surface area (Å²) in [5, 5.41) is 4.48. The second-order valence-corrected chi connectivity index (χ2v) is 8.35. The molecule has 0 bridgehead atoms. The Hall–Kier alpha value is -2.22. The average Bonchev–Trinajstić information content (AvgIpc) is 3.18. The molecule has 0 aliphatic carbocycles. The molecule has 0 radical (unpaired) electrons. The van der Waals surface area contributed by atoms with Crippen molar-refractivity contribution in [1.82, 2.24) is 19.6 Å². The molecule has 0 spiro atoms. The molecule has 1 aliphatic rings. The Morgan fingerprint density at radius 2 is 2.04 bits per heavy atom. The maximum absolute atomic E-state index is 13.6. The van der Waals surface area contributed by atoms with Crippen LogP contribution in [-0.4, -0.2) is 60.0 Å². The summed E-state index contributed by atoms with van der Waals surface area (Å²) in [5.41, 5.74) is 0.770. The van der Waals surface area contributed by atoms with Gasteiger partial charge in [-0.05, 0) is 17.7 Å². The molecule has 28 heavy (non-hydrogen) atoms. The van der Waals surface area contributed by atoms with Crippen LogP contribution in [0, 0.1) is 5.82 Å². The lowest BCUT2D eigenvalue weighted by Crippen LogP contribution is -2.54. The number of rotatable bonds is 5. The molecule has 2 aromatic rings. The largest absolute Gasteiger partial charge is 0.355 e. The number of hydrogen-bond acceptors (Lipinski definition) is 5. The SMILES string of the molecule is CCc1nsc(N2CCN(C(=NC)NCC(C)(C)c3cccc(F)c3)CC2)n1. The standard InChI is InChI=1S/C20H29FN6S/c1-5-17-24-19(28-25-17)27-11-9-26(10-12-27)18(22-4)23-14-20(2,3)15-7-6-8-16(21)13-15/h6-8,13H,5,9-12,14H2,1-4H3,(H,22,23). The summed E-state index contributed by atoms with van der Waals surface area (Å²) in [6, 6.07) is 6.82. The Bertz CT molecular complexity index is 811. The zero-order chi connectivity index (χ0) is 20.1. The fourth-order valence-electron chi connectivity index (χ4n) is 3.27. The van der Waals surface area contributed by atoms with E-state index in [4.69, 9.17) is 0 Å². The van der Waals surface area contributed by atoms with Gasteiger partial charge in [-0.3, -0.25) is 4.99 Å². The van der Waals surface area contributed by atoms with E-state index in [2.05, 4.69) is 50.2 Å². The molecule has 152 valence electrons. The Labute approximate surface area is 170 Å². The second-order valence-electron chi connectivity index (χ2n) is 7.62. The summed E-state index contributed by atoms with van der Waals surface area (Å²) >= 11 is 1.48. The van der Waals surface area contributed by atoms with E-state index in [0.29, 0.717) is 6.54 Å². The van der Waals surface area contributed by atoms with Crippen LogP contribution in [0.2, 0.25) is 0 Å². The quantitative estimate of drug-likeness (QED) is 0.613. The highest BCUT2D eigenvalue weighted by molar-refractivity contribution is 7.09. The van der Waals surface area contributed by atoms with E-state index in [-0.39, 0.29) is 11.2 Å². The Balaban J connectivity index is 1.56. The van der Waals surface area contributed by atoms with E-state index in [1.807, 2.05) is 13.1 Å². The molecule has 1 saturated heterocycles. The van der Waals surface area contributed by atoms with Gasteiger partial charge in [0.15, 0.2) is 5.96 Å². The highest BCUT2D eigenvalue weighted by Gasteiger charge is 2.25. The summed E-state index contributed by atoms with van der Waals surface area (Å²) in [7, 11) is 1.81. The van der Waals surface area contributed by atoms with Gasteiger partial charge in [0.2, 0.25) is 5.13 Å². The van der Waals surface area contributed by atoms with Crippen LogP contribution in [0.1, 0.15) is 32.2 Å². The van der Waals surface area contributed by atoms with Crippen molar-refractivity contribution in [3.63, 3.8) is 0 Å². The number of hydrogen-bond donors (Lipinski definition) is 1. The van der Waals surface area contributed by atoms with Gasteiger partial charge in [-0.15, -0.1) is 0 Å². The number of guanidine groups is 1. The van der Waals surface area contributed by atoms with Crippen molar-refractivity contribution in [1.29, 1.82) is 0 Å². The molecule has 1 N–H and O–H groups in total. The zero-order valence-corrected chi connectivity index (χ0v) is 17.9. The number of halogens is 1. The van der Waals surface area contributed by atoms with Gasteiger partial charge in [0.05, 0.1) is 0 Å². The molecule has 0 amide bonds. The van der Waals surface area contributed by atoms with Crippen LogP contribution in [-0.2, 0) is 11.8 Å². The molecular formula is C20H29FN6S. The van der Waals surface area contributed by atoms with E-state index in [0.717, 1.165) is 55.1 Å². The molecule has 0 unspecified atom stereocenters. The molecule has 1 aromatic carbocycles. The average molecular weight is 405 g/mol. The number of piperazine rings is 1. The molecule has 2 heterocycles. The number of nitrogens with one attached hydrogen (secondary N) is 1. The van der Waals surface area contributed by atoms with Crippen LogP contribution < -0.4 is 10.2 Å². The minimum Gasteiger partial charge on any atom is -0.355 e. The number of nitrogens with zero attached hydrogens (tertiary/aromatic N) is 5. The minimum absolute atomic E-state index is 0.200. The first kappa shape index (κ1) is 20.5. The van der Waals surface area contributed by atoms with Crippen LogP contribution in [0.25, 0.3) is 0 Å². The third-order valence-corrected chi connectivity index (χ3v) is 5.94. The molecule has 1 aliphatic heterocycles. The molecule has 1 fully saturated rings. The van der Waals surface area contributed by atoms with Gasteiger partial charge in [0, 0.05) is 63.1 Å². The number of aryl methyl sites for hydroxylation is 1. The van der Waals surface area contributed by atoms with Gasteiger partial charge in [-0.2, -0.15) is 4.37 Å². The molecule has 0 saturated carbocycles. The monoisotopic (exact) mass is 404 g/mol. The lowest BCUT2D eigenvalue weighted by atomic mass is 9.84. The lowest BCUT2D eigenvalue weighted by molar-refractivity contribution is 0.366. The number of benzene rings is 1. The lowest BCUT2D eigenvalue weighted by Gasteiger charge is -2.37. The van der Waals surface area contributed by atoms with Crippen molar-refractivity contribution < 1.29 is 4.39 Å². The highest BCUT2D eigenvalue weighted by Crippen LogP contribution is 2.23. The summed E-state index contributed by atoms with van der Waals surface area (Å²) in [4.78, 5) is 13.6. The molecule has 3 rings (SSSR count). The Morgan fingerprint density at radius 1 is 1.29 bits per heavy atom. The first-order valence-corrected chi connectivity index (χ1v) is 10.5. The van der Waals surface area contributed by atoms with Gasteiger partial charge in [-0.1, -0.05) is 32.9 Å². The van der Waals surface area contributed by atoms with E-state index in [1.165, 1.54) is 17.6 Å². The van der Waals surface area contributed by atoms with Crippen molar-refractivity contribution in [3.05, 3.63) is 41.5 Å². The maximum atomic E-state index is 13.6. The molecule has 0 atom stereocenters. The normalized spacial score (nSPS) is 15.8. The second kappa shape index (κ2) is 8.86. The fraction of sp³-hybridized carbons (Fsp3) is 0.550. The predicted molar refractivity (Wildman–Crippen MR) is 114 cm³/mol. The first-order chi connectivity index (χ1) is 13.4. The third kappa shape index (κ3) is 4.79. The van der Waals surface area contributed by atoms with Crippen molar-refractivity contribution >= 4 is 22.6 Å². The zero-order valence-electron chi connectivity index (χ0n) is 17.1. The van der Waals surface area contributed by atoms with Crippen LogP contribution in [0.5, 0.6) is 0 Å². The van der Waals surface area contributed by atoms with Crippen molar-refractivity contribution in [2.24, 2.45) is 4.99 Å². The molecule has 6 nitrogen and oxygen atoms in total. The fourth-order valence-corrected chi connectivity index (χ4v) is 4.07. The maximum Gasteiger partial charge on any atom is 0.205 e. The van der Waals surface area contributed by atoms with Crippen molar-refractivity contribution in [3.8, 4) is 0 Å². The number of aromatic nitrogens is 2. The van der Waals surface area contributed by atoms with Crippen molar-refractivity contribution in [2.45, 2.75) is 32.6 Å².